The molecule has 1 amide bonds. The molecule has 0 unspecified atom stereocenters. The van der Waals surface area contributed by atoms with Gasteiger partial charge >= 0.3 is 0 Å². The molecule has 0 saturated heterocycles. The topological polar surface area (TPSA) is 66.6 Å². The predicted octanol–water partition coefficient (Wildman–Crippen LogP) is 5.12. The number of fused-ring (bicyclic) bond motifs is 2. The Bertz CT molecular complexity index is 1120. The Hall–Kier alpha value is -2.22. The van der Waals surface area contributed by atoms with Gasteiger partial charge in [0.1, 0.15) is 6.10 Å². The Labute approximate surface area is 181 Å². The number of hydrogen-bond donors (Lipinski definition) is 1. The first-order chi connectivity index (χ1) is 14.3. The summed E-state index contributed by atoms with van der Waals surface area (Å²) < 4.78 is 31.2. The van der Waals surface area contributed by atoms with Gasteiger partial charge in [0.25, 0.3) is 6.43 Å². The van der Waals surface area contributed by atoms with Crippen molar-refractivity contribution in [3.8, 4) is 0 Å². The summed E-state index contributed by atoms with van der Waals surface area (Å²) in [6.07, 6.45) is -4.35. The fourth-order valence-electron chi connectivity index (χ4n) is 4.11. The maximum atomic E-state index is 13.1. The minimum absolute atomic E-state index is 0.00384. The van der Waals surface area contributed by atoms with E-state index in [2.05, 4.69) is 5.16 Å². The SMILES string of the molecule is C[C@H]1c2cccc([C@H](O)C(F)F)c2CCN1C(=O)Cc1c(Cl)ccc2onc(Cl)c12. The molecule has 1 N–H and O–H groups in total. The van der Waals surface area contributed by atoms with Crippen molar-refractivity contribution in [1.82, 2.24) is 10.1 Å². The molecule has 1 aromatic heterocycles. The van der Waals surface area contributed by atoms with Gasteiger partial charge in [0, 0.05) is 11.6 Å². The van der Waals surface area contributed by atoms with Crippen LogP contribution in [0.25, 0.3) is 11.0 Å². The molecule has 3 aromatic rings. The van der Waals surface area contributed by atoms with E-state index in [1.807, 2.05) is 6.92 Å². The molecule has 0 radical (unpaired) electrons. The average molecular weight is 455 g/mol. The van der Waals surface area contributed by atoms with Gasteiger partial charge in [-0.1, -0.05) is 46.6 Å². The maximum Gasteiger partial charge on any atom is 0.268 e. The normalized spacial score (nSPS) is 17.4. The minimum atomic E-state index is -2.87. The number of aliphatic hydroxyl groups excluding tert-OH is 1. The van der Waals surface area contributed by atoms with Gasteiger partial charge < -0.3 is 14.5 Å². The second kappa shape index (κ2) is 8.13. The summed E-state index contributed by atoms with van der Waals surface area (Å²) in [6, 6.07) is 7.85. The molecule has 5 nitrogen and oxygen atoms in total. The molecule has 0 saturated carbocycles. The summed E-state index contributed by atoms with van der Waals surface area (Å²) in [6.45, 7) is 2.17. The summed E-state index contributed by atoms with van der Waals surface area (Å²) in [7, 11) is 0. The van der Waals surface area contributed by atoms with Crippen LogP contribution in [0.4, 0.5) is 8.78 Å². The number of rotatable bonds is 4. The third-order valence-corrected chi connectivity index (χ3v) is 6.23. The summed E-state index contributed by atoms with van der Waals surface area (Å²) in [4.78, 5) is 14.8. The predicted molar refractivity (Wildman–Crippen MR) is 109 cm³/mol. The number of alkyl halides is 2. The van der Waals surface area contributed by atoms with Crippen molar-refractivity contribution < 1.29 is 23.2 Å². The first kappa shape index (κ1) is 21.0. The highest BCUT2D eigenvalue weighted by Gasteiger charge is 2.32. The van der Waals surface area contributed by atoms with E-state index in [0.29, 0.717) is 40.1 Å². The van der Waals surface area contributed by atoms with Crippen LogP contribution in [-0.4, -0.2) is 34.0 Å². The molecule has 9 heteroatoms. The van der Waals surface area contributed by atoms with Crippen LogP contribution in [-0.2, 0) is 17.6 Å². The number of amides is 1. The molecule has 0 fully saturated rings. The van der Waals surface area contributed by atoms with Crippen LogP contribution >= 0.6 is 23.2 Å². The Morgan fingerprint density at radius 1 is 1.33 bits per heavy atom. The van der Waals surface area contributed by atoms with Gasteiger partial charge in [0.15, 0.2) is 10.7 Å². The van der Waals surface area contributed by atoms with Crippen LogP contribution in [0.1, 0.15) is 41.3 Å². The third-order valence-electron chi connectivity index (χ3n) is 5.62. The van der Waals surface area contributed by atoms with Gasteiger partial charge in [0.2, 0.25) is 5.91 Å². The molecule has 0 bridgehead atoms. The van der Waals surface area contributed by atoms with E-state index < -0.39 is 12.5 Å². The van der Waals surface area contributed by atoms with E-state index >= 15 is 0 Å². The van der Waals surface area contributed by atoms with Gasteiger partial charge in [-0.15, -0.1) is 0 Å². The molecule has 0 aliphatic carbocycles. The first-order valence-electron chi connectivity index (χ1n) is 9.39. The largest absolute Gasteiger partial charge is 0.382 e. The molecule has 1 aliphatic rings. The van der Waals surface area contributed by atoms with Crippen LogP contribution < -0.4 is 0 Å². The monoisotopic (exact) mass is 454 g/mol. The van der Waals surface area contributed by atoms with E-state index in [0.717, 1.165) is 5.56 Å². The van der Waals surface area contributed by atoms with Crippen molar-refractivity contribution >= 4 is 40.1 Å². The van der Waals surface area contributed by atoms with E-state index in [9.17, 15) is 18.7 Å². The van der Waals surface area contributed by atoms with Gasteiger partial charge in [-0.05, 0) is 47.7 Å². The number of halogens is 4. The molecule has 30 heavy (non-hydrogen) atoms. The van der Waals surface area contributed by atoms with Crippen molar-refractivity contribution in [2.75, 3.05) is 6.54 Å². The third kappa shape index (κ3) is 3.55. The summed E-state index contributed by atoms with van der Waals surface area (Å²) >= 11 is 12.4. The highest BCUT2D eigenvalue weighted by atomic mass is 35.5. The molecule has 158 valence electrons. The Morgan fingerprint density at radius 2 is 2.10 bits per heavy atom. The number of hydrogen-bond acceptors (Lipinski definition) is 4. The second-order valence-corrected chi connectivity index (χ2v) is 8.02. The standard InChI is InChI=1S/C21H18Cl2F2N2O3/c1-10-11-3-2-4-13(19(29)21(24)25)12(11)7-8-27(10)17(28)9-14-15(22)5-6-16-18(14)20(23)26-30-16/h2-6,10,19,21,29H,7-9H2,1H3/t10-,19-/m0/s1. The molecule has 0 spiro atoms. The van der Waals surface area contributed by atoms with E-state index in [1.54, 1.807) is 29.2 Å². The van der Waals surface area contributed by atoms with Gasteiger partial charge in [-0.2, -0.15) is 0 Å². The Balaban J connectivity index is 1.63. The highest BCUT2D eigenvalue weighted by molar-refractivity contribution is 6.36. The van der Waals surface area contributed by atoms with E-state index in [1.165, 1.54) is 6.07 Å². The van der Waals surface area contributed by atoms with Crippen molar-refractivity contribution in [2.24, 2.45) is 0 Å². The molecule has 2 heterocycles. The number of carbonyl (C=O) groups excluding carboxylic acids is 1. The zero-order valence-electron chi connectivity index (χ0n) is 15.9. The average Bonchev–Trinajstić information content (AvgIpc) is 3.10. The van der Waals surface area contributed by atoms with Crippen molar-refractivity contribution in [3.63, 3.8) is 0 Å². The quantitative estimate of drug-likeness (QED) is 0.593. The lowest BCUT2D eigenvalue weighted by molar-refractivity contribution is -0.133. The zero-order valence-corrected chi connectivity index (χ0v) is 17.4. The van der Waals surface area contributed by atoms with Crippen LogP contribution in [0.2, 0.25) is 10.2 Å². The number of aromatic nitrogens is 1. The molecular formula is C21H18Cl2F2N2O3. The fraction of sp³-hybridized carbons (Fsp3) is 0.333. The fourth-order valence-corrected chi connectivity index (χ4v) is 4.58. The highest BCUT2D eigenvalue weighted by Crippen LogP contribution is 2.37. The number of aliphatic hydroxyl groups is 1. The van der Waals surface area contributed by atoms with Gasteiger partial charge in [0.05, 0.1) is 17.8 Å². The lowest BCUT2D eigenvalue weighted by atomic mass is 9.87. The lowest BCUT2D eigenvalue weighted by Gasteiger charge is -2.37. The molecular weight excluding hydrogens is 437 g/mol. The van der Waals surface area contributed by atoms with Crippen LogP contribution in [0, 0.1) is 0 Å². The molecule has 4 rings (SSSR count). The number of benzene rings is 2. The van der Waals surface area contributed by atoms with Crippen LogP contribution in [0.3, 0.4) is 0 Å². The zero-order chi connectivity index (χ0) is 21.6. The van der Waals surface area contributed by atoms with Gasteiger partial charge in [-0.25, -0.2) is 8.78 Å². The van der Waals surface area contributed by atoms with Crippen LogP contribution in [0.5, 0.6) is 0 Å². The van der Waals surface area contributed by atoms with E-state index in [-0.39, 0.29) is 29.1 Å². The van der Waals surface area contributed by atoms with Crippen LogP contribution in [0.15, 0.2) is 34.9 Å². The van der Waals surface area contributed by atoms with Crippen molar-refractivity contribution in [2.45, 2.75) is 38.3 Å². The number of nitrogens with zero attached hydrogens (tertiary/aromatic N) is 2. The van der Waals surface area contributed by atoms with Gasteiger partial charge in [-0.3, -0.25) is 4.79 Å². The van der Waals surface area contributed by atoms with E-state index in [4.69, 9.17) is 27.7 Å². The molecule has 1 aliphatic heterocycles. The summed E-state index contributed by atoms with van der Waals surface area (Å²) in [5.41, 5.74) is 2.61. The summed E-state index contributed by atoms with van der Waals surface area (Å²) in [5, 5.41) is 14.6. The Kier molecular flexibility index (Phi) is 5.70. The van der Waals surface area contributed by atoms with Crippen molar-refractivity contribution in [3.05, 3.63) is 62.8 Å². The smallest absolute Gasteiger partial charge is 0.268 e. The number of carbonyl (C=O) groups is 1. The first-order valence-corrected chi connectivity index (χ1v) is 10.1. The lowest BCUT2D eigenvalue weighted by Crippen LogP contribution is -2.40. The minimum Gasteiger partial charge on any atom is -0.382 e. The Morgan fingerprint density at radius 3 is 2.83 bits per heavy atom. The summed E-state index contributed by atoms with van der Waals surface area (Å²) in [5.74, 6) is -0.181. The molecule has 2 aromatic carbocycles. The van der Waals surface area contributed by atoms with Crippen molar-refractivity contribution in [1.29, 1.82) is 0 Å². The second-order valence-electron chi connectivity index (χ2n) is 7.26. The molecule has 2 atom stereocenters. The maximum absolute atomic E-state index is 13.1.